The number of aryl methyl sites for hydroxylation is 1. The zero-order valence-electron chi connectivity index (χ0n) is 6.20. The number of hydrogen-bond donors (Lipinski definition) is 0. The molecule has 0 aliphatic carbocycles. The minimum atomic E-state index is -0.277. The van der Waals surface area contributed by atoms with Crippen molar-refractivity contribution in [2.24, 2.45) is 7.05 Å². The van der Waals surface area contributed by atoms with Gasteiger partial charge in [-0.1, -0.05) is 0 Å². The van der Waals surface area contributed by atoms with Crippen LogP contribution in [-0.4, -0.2) is 10.4 Å². The van der Waals surface area contributed by atoms with Gasteiger partial charge in [-0.2, -0.15) is 0 Å². The third kappa shape index (κ3) is 1.55. The van der Waals surface area contributed by atoms with Crippen molar-refractivity contribution in [3.8, 4) is 0 Å². The molecular formula is C8H8NO2. The van der Waals surface area contributed by atoms with Gasteiger partial charge < -0.3 is 4.57 Å². The number of carbonyl (C=O) groups is 1. The number of aromatic nitrogens is 1. The molecule has 0 N–H and O–H groups in total. The molecule has 3 nitrogen and oxygen atoms in total. The second kappa shape index (κ2) is 2.70. The molecule has 0 bridgehead atoms. The van der Waals surface area contributed by atoms with Gasteiger partial charge in [-0.05, 0) is 6.07 Å². The van der Waals surface area contributed by atoms with Crippen molar-refractivity contribution in [3.05, 3.63) is 41.2 Å². The largest absolute Gasteiger partial charge is 0.318 e. The van der Waals surface area contributed by atoms with E-state index in [-0.39, 0.29) is 11.3 Å². The highest BCUT2D eigenvalue weighted by Gasteiger charge is 1.98. The lowest BCUT2D eigenvalue weighted by atomic mass is 10.2. The van der Waals surface area contributed by atoms with Crippen LogP contribution in [0.25, 0.3) is 0 Å². The number of pyridine rings is 1. The van der Waals surface area contributed by atoms with E-state index in [0.29, 0.717) is 5.56 Å². The molecule has 0 spiro atoms. The van der Waals surface area contributed by atoms with E-state index in [1.807, 2.05) is 0 Å². The molecule has 0 aromatic carbocycles. The van der Waals surface area contributed by atoms with Crippen LogP contribution in [-0.2, 0) is 7.05 Å². The van der Waals surface area contributed by atoms with Crippen LogP contribution in [0, 0.1) is 6.92 Å². The molecule has 1 aromatic heterocycles. The number of hydrogen-bond acceptors (Lipinski definition) is 2. The lowest BCUT2D eigenvalue weighted by Crippen LogP contribution is -2.15. The maximum absolute atomic E-state index is 10.8. The number of ketones is 1. The Morgan fingerprint density at radius 3 is 2.64 bits per heavy atom. The Morgan fingerprint density at radius 2 is 2.18 bits per heavy atom. The van der Waals surface area contributed by atoms with Crippen LogP contribution in [0.3, 0.4) is 0 Å². The molecule has 1 rings (SSSR count). The summed E-state index contributed by atoms with van der Waals surface area (Å²) in [4.78, 5) is 21.5. The van der Waals surface area contributed by atoms with Gasteiger partial charge in [0.15, 0.2) is 5.78 Å². The van der Waals surface area contributed by atoms with E-state index in [0.717, 1.165) is 0 Å². The molecule has 0 aliphatic rings. The standard InChI is InChI=1S/C8H8NO2/c1-6(10)7-3-4-8(11)9(2)5-7/h3-5H,1H2,2H3. The quantitative estimate of drug-likeness (QED) is 0.543. The van der Waals surface area contributed by atoms with Gasteiger partial charge in [0, 0.05) is 31.8 Å². The maximum Gasteiger partial charge on any atom is 0.250 e. The van der Waals surface area contributed by atoms with Crippen molar-refractivity contribution in [3.63, 3.8) is 0 Å². The van der Waals surface area contributed by atoms with Crippen LogP contribution < -0.4 is 5.56 Å². The van der Waals surface area contributed by atoms with Gasteiger partial charge in [-0.3, -0.25) is 9.59 Å². The van der Waals surface area contributed by atoms with E-state index in [1.165, 1.54) is 22.9 Å². The molecule has 0 unspecified atom stereocenters. The van der Waals surface area contributed by atoms with Crippen LogP contribution >= 0.6 is 0 Å². The van der Waals surface area contributed by atoms with Gasteiger partial charge in [0.25, 0.3) is 0 Å². The first-order valence-electron chi connectivity index (χ1n) is 3.14. The van der Waals surface area contributed by atoms with E-state index in [2.05, 4.69) is 6.92 Å². The van der Waals surface area contributed by atoms with E-state index in [9.17, 15) is 9.59 Å². The first-order valence-corrected chi connectivity index (χ1v) is 3.14. The van der Waals surface area contributed by atoms with Crippen LogP contribution in [0.5, 0.6) is 0 Å². The Morgan fingerprint density at radius 1 is 1.55 bits per heavy atom. The topological polar surface area (TPSA) is 39.1 Å². The van der Waals surface area contributed by atoms with Crippen molar-refractivity contribution in [1.29, 1.82) is 0 Å². The third-order valence-corrected chi connectivity index (χ3v) is 1.41. The zero-order valence-corrected chi connectivity index (χ0v) is 6.20. The summed E-state index contributed by atoms with van der Waals surface area (Å²) in [6, 6.07) is 2.82. The molecule has 1 heterocycles. The molecule has 0 atom stereocenters. The molecule has 0 aliphatic heterocycles. The fourth-order valence-electron chi connectivity index (χ4n) is 0.759. The lowest BCUT2D eigenvalue weighted by Gasteiger charge is -1.97. The predicted octanol–water partition coefficient (Wildman–Crippen LogP) is 0.402. The SMILES string of the molecule is [CH2]C(=O)c1ccc(=O)n(C)c1. The summed E-state index contributed by atoms with van der Waals surface area (Å²) in [5, 5.41) is 0. The average Bonchev–Trinajstić information content (AvgIpc) is 1.94. The molecule has 57 valence electrons. The number of rotatable bonds is 1. The van der Waals surface area contributed by atoms with Gasteiger partial charge in [-0.25, -0.2) is 0 Å². The van der Waals surface area contributed by atoms with Crippen LogP contribution in [0.4, 0.5) is 0 Å². The van der Waals surface area contributed by atoms with Gasteiger partial charge in [0.1, 0.15) is 0 Å². The number of Topliss-reactive ketones (excluding diaryl/α,β-unsaturated/α-hetero) is 1. The van der Waals surface area contributed by atoms with Gasteiger partial charge in [0.2, 0.25) is 5.56 Å². The van der Waals surface area contributed by atoms with Gasteiger partial charge >= 0.3 is 0 Å². The molecule has 0 saturated carbocycles. The Labute approximate surface area is 64.3 Å². The Balaban J connectivity index is 3.26. The fourth-order valence-corrected chi connectivity index (χ4v) is 0.759. The zero-order chi connectivity index (χ0) is 8.43. The van der Waals surface area contributed by atoms with Crippen molar-refractivity contribution in [1.82, 2.24) is 4.57 Å². The first-order chi connectivity index (χ1) is 5.11. The summed E-state index contributed by atoms with van der Waals surface area (Å²) in [6.07, 6.45) is 1.47. The van der Waals surface area contributed by atoms with Gasteiger partial charge in [-0.15, -0.1) is 0 Å². The summed E-state index contributed by atoms with van der Waals surface area (Å²) in [5.41, 5.74) is 0.321. The smallest absolute Gasteiger partial charge is 0.250 e. The van der Waals surface area contributed by atoms with E-state index < -0.39 is 0 Å². The maximum atomic E-state index is 10.8. The van der Waals surface area contributed by atoms with Gasteiger partial charge in [0.05, 0.1) is 0 Å². The molecule has 0 amide bonds. The van der Waals surface area contributed by atoms with Crippen molar-refractivity contribution in [2.75, 3.05) is 0 Å². The summed E-state index contributed by atoms with van der Waals surface area (Å²) in [6.45, 7) is 3.23. The Bertz CT molecular complexity index is 338. The highest BCUT2D eigenvalue weighted by molar-refractivity contribution is 5.98. The minimum absolute atomic E-state index is 0.130. The second-order valence-electron chi connectivity index (χ2n) is 2.29. The average molecular weight is 150 g/mol. The number of nitrogens with zero attached hydrogens (tertiary/aromatic N) is 1. The highest BCUT2D eigenvalue weighted by atomic mass is 16.1. The van der Waals surface area contributed by atoms with E-state index in [1.54, 1.807) is 7.05 Å². The monoisotopic (exact) mass is 150 g/mol. The highest BCUT2D eigenvalue weighted by Crippen LogP contribution is 1.94. The van der Waals surface area contributed by atoms with Crippen molar-refractivity contribution < 1.29 is 4.79 Å². The van der Waals surface area contributed by atoms with Crippen LogP contribution in [0.2, 0.25) is 0 Å². The molecular weight excluding hydrogens is 142 g/mol. The van der Waals surface area contributed by atoms with Crippen molar-refractivity contribution in [2.45, 2.75) is 0 Å². The first kappa shape index (κ1) is 7.72. The molecule has 0 fully saturated rings. The second-order valence-corrected chi connectivity index (χ2v) is 2.29. The lowest BCUT2D eigenvalue weighted by molar-refractivity contribution is 0.104. The number of carbonyl (C=O) groups excluding carboxylic acids is 1. The van der Waals surface area contributed by atoms with E-state index >= 15 is 0 Å². The predicted molar refractivity (Wildman–Crippen MR) is 41.4 cm³/mol. The summed E-state index contributed by atoms with van der Waals surface area (Å²) < 4.78 is 1.35. The van der Waals surface area contributed by atoms with Crippen LogP contribution in [0.15, 0.2) is 23.1 Å². The summed E-state index contributed by atoms with van der Waals surface area (Å²) in [7, 11) is 1.59. The molecule has 11 heavy (non-hydrogen) atoms. The molecule has 0 saturated heterocycles. The summed E-state index contributed by atoms with van der Waals surface area (Å²) >= 11 is 0. The Kier molecular flexibility index (Phi) is 1.89. The van der Waals surface area contributed by atoms with Crippen molar-refractivity contribution >= 4 is 5.78 Å². The summed E-state index contributed by atoms with van der Waals surface area (Å²) in [5.74, 6) is -0.277. The molecule has 1 aromatic rings. The minimum Gasteiger partial charge on any atom is -0.318 e. The molecule has 3 heteroatoms. The normalized spacial score (nSPS) is 9.64. The van der Waals surface area contributed by atoms with E-state index in [4.69, 9.17) is 0 Å². The fraction of sp³-hybridized carbons (Fsp3) is 0.125. The third-order valence-electron chi connectivity index (χ3n) is 1.41. The molecule has 1 radical (unpaired) electrons. The Hall–Kier alpha value is -1.38. The van der Waals surface area contributed by atoms with Crippen LogP contribution in [0.1, 0.15) is 10.4 Å².